The maximum absolute atomic E-state index is 13.0. The average molecular weight is 569 g/mol. The maximum atomic E-state index is 13.0. The lowest BCUT2D eigenvalue weighted by Gasteiger charge is -2.27. The summed E-state index contributed by atoms with van der Waals surface area (Å²) in [7, 11) is 0. The third kappa shape index (κ3) is 12.3. The molecule has 0 aliphatic carbocycles. The van der Waals surface area contributed by atoms with Gasteiger partial charge in [-0.05, 0) is 43.2 Å². The van der Waals surface area contributed by atoms with Crippen LogP contribution in [0, 0.1) is 11.8 Å². The van der Waals surface area contributed by atoms with Crippen molar-refractivity contribution in [2.75, 3.05) is 0 Å². The van der Waals surface area contributed by atoms with E-state index >= 15 is 0 Å². The van der Waals surface area contributed by atoms with Crippen LogP contribution in [0.2, 0.25) is 0 Å². The second-order valence-electron chi connectivity index (χ2n) is 10.9. The normalized spacial score (nSPS) is 13.9. The number of amides is 4. The summed E-state index contributed by atoms with van der Waals surface area (Å²) >= 11 is 0. The summed E-state index contributed by atoms with van der Waals surface area (Å²) in [6.07, 6.45) is -0.916. The zero-order valence-electron chi connectivity index (χ0n) is 24.8. The second kappa shape index (κ2) is 16.9. The van der Waals surface area contributed by atoms with Crippen molar-refractivity contribution in [1.82, 2.24) is 21.3 Å². The summed E-state index contributed by atoms with van der Waals surface area (Å²) in [5.74, 6) is -1.04. The Hall–Kier alpha value is -4.08. The van der Waals surface area contributed by atoms with Gasteiger partial charge in [0.25, 0.3) is 0 Å². The van der Waals surface area contributed by atoms with Crippen LogP contribution in [0.4, 0.5) is 9.59 Å². The van der Waals surface area contributed by atoms with Crippen LogP contribution in [0.3, 0.4) is 0 Å². The SMILES string of the molecule is CC(CC(C)NC(=O)C(NC(=O)OCc1ccccc1)C(C)C)NC(=O)C(NC(=O)OCc1ccccc1)C(C)C. The lowest BCUT2D eigenvalue weighted by Crippen LogP contribution is -2.54. The Labute approximate surface area is 242 Å². The Kier molecular flexibility index (Phi) is 13.6. The molecule has 2 aromatic carbocycles. The van der Waals surface area contributed by atoms with Crippen molar-refractivity contribution in [1.29, 1.82) is 0 Å². The van der Waals surface area contributed by atoms with Crippen molar-refractivity contribution < 1.29 is 28.7 Å². The van der Waals surface area contributed by atoms with Gasteiger partial charge in [0.1, 0.15) is 25.3 Å². The lowest BCUT2D eigenvalue weighted by molar-refractivity contribution is -0.124. The largest absolute Gasteiger partial charge is 0.445 e. The van der Waals surface area contributed by atoms with Gasteiger partial charge in [0.15, 0.2) is 0 Å². The van der Waals surface area contributed by atoms with Crippen molar-refractivity contribution in [2.45, 2.75) is 85.3 Å². The van der Waals surface area contributed by atoms with Gasteiger partial charge >= 0.3 is 12.2 Å². The summed E-state index contributed by atoms with van der Waals surface area (Å²) in [6.45, 7) is 11.2. The van der Waals surface area contributed by atoms with Gasteiger partial charge in [0.2, 0.25) is 11.8 Å². The van der Waals surface area contributed by atoms with Crippen molar-refractivity contribution >= 4 is 24.0 Å². The predicted octanol–water partition coefficient (Wildman–Crippen LogP) is 4.29. The molecule has 0 aliphatic rings. The Bertz CT molecular complexity index is 1020. The Balaban J connectivity index is 1.82. The molecular formula is C31H44N4O6. The molecule has 2 rings (SSSR count). The van der Waals surface area contributed by atoms with Gasteiger partial charge in [-0.25, -0.2) is 9.59 Å². The van der Waals surface area contributed by atoms with Crippen LogP contribution in [0.1, 0.15) is 59.1 Å². The van der Waals surface area contributed by atoms with Crippen molar-refractivity contribution in [3.63, 3.8) is 0 Å². The molecule has 0 radical (unpaired) electrons. The third-order valence-electron chi connectivity index (χ3n) is 6.35. The molecule has 0 heterocycles. The smallest absolute Gasteiger partial charge is 0.408 e. The van der Waals surface area contributed by atoms with Crippen LogP contribution >= 0.6 is 0 Å². The number of carbonyl (C=O) groups is 4. The lowest BCUT2D eigenvalue weighted by atomic mass is 10.0. The molecule has 0 bridgehead atoms. The minimum absolute atomic E-state index is 0.101. The van der Waals surface area contributed by atoms with Crippen LogP contribution in [0.15, 0.2) is 60.7 Å². The molecule has 0 fully saturated rings. The number of benzene rings is 2. The van der Waals surface area contributed by atoms with Crippen LogP contribution in [-0.4, -0.2) is 48.2 Å². The molecule has 2 aromatic rings. The van der Waals surface area contributed by atoms with Gasteiger partial charge in [-0.15, -0.1) is 0 Å². The first-order valence-electron chi connectivity index (χ1n) is 14.0. The summed E-state index contributed by atoms with van der Waals surface area (Å²) in [6, 6.07) is 16.4. The third-order valence-corrected chi connectivity index (χ3v) is 6.35. The number of hydrogen-bond donors (Lipinski definition) is 4. The van der Waals surface area contributed by atoms with Gasteiger partial charge in [0.05, 0.1) is 0 Å². The average Bonchev–Trinajstić information content (AvgIpc) is 2.92. The van der Waals surface area contributed by atoms with E-state index in [9.17, 15) is 19.2 Å². The van der Waals surface area contributed by atoms with Crippen LogP contribution in [0.25, 0.3) is 0 Å². The van der Waals surface area contributed by atoms with E-state index in [0.717, 1.165) is 11.1 Å². The molecule has 0 saturated carbocycles. The number of carbonyl (C=O) groups excluding carboxylic acids is 4. The zero-order chi connectivity index (χ0) is 30.4. The first-order chi connectivity index (χ1) is 19.5. The molecule has 4 N–H and O–H groups in total. The number of rotatable bonds is 14. The van der Waals surface area contributed by atoms with Crippen LogP contribution in [-0.2, 0) is 32.3 Å². The first-order valence-corrected chi connectivity index (χ1v) is 14.0. The van der Waals surface area contributed by atoms with Gasteiger partial charge in [-0.2, -0.15) is 0 Å². The van der Waals surface area contributed by atoms with E-state index in [1.54, 1.807) is 0 Å². The molecule has 41 heavy (non-hydrogen) atoms. The highest BCUT2D eigenvalue weighted by molar-refractivity contribution is 5.87. The highest BCUT2D eigenvalue weighted by Crippen LogP contribution is 2.09. The minimum atomic E-state index is -0.790. The number of nitrogens with one attached hydrogen (secondary N) is 4. The minimum Gasteiger partial charge on any atom is -0.445 e. The summed E-state index contributed by atoms with van der Waals surface area (Å²) < 4.78 is 10.5. The van der Waals surface area contributed by atoms with Gasteiger partial charge in [0, 0.05) is 12.1 Å². The molecule has 0 spiro atoms. The first kappa shape index (κ1) is 33.1. The van der Waals surface area contributed by atoms with E-state index in [1.165, 1.54) is 0 Å². The molecule has 4 amide bonds. The number of ether oxygens (including phenoxy) is 2. The predicted molar refractivity (Wildman–Crippen MR) is 157 cm³/mol. The maximum Gasteiger partial charge on any atom is 0.408 e. The van der Waals surface area contributed by atoms with E-state index in [1.807, 2.05) is 102 Å². The standard InChI is InChI=1S/C31H44N4O6/c1-20(2)26(34-30(38)40-18-24-13-9-7-10-14-24)28(36)32-22(5)17-23(6)33-29(37)27(21(3)4)35-31(39)41-19-25-15-11-8-12-16-25/h7-16,20-23,26-27H,17-19H2,1-6H3,(H,32,36)(H,33,37)(H,34,38)(H,35,39). The van der Waals surface area contributed by atoms with Crippen LogP contribution < -0.4 is 21.3 Å². The zero-order valence-corrected chi connectivity index (χ0v) is 24.8. The quantitative estimate of drug-likeness (QED) is 0.269. The van der Waals surface area contributed by atoms with E-state index in [4.69, 9.17) is 9.47 Å². The molecule has 4 unspecified atom stereocenters. The Morgan fingerprint density at radius 2 is 0.902 bits per heavy atom. The van der Waals surface area contributed by atoms with E-state index in [0.29, 0.717) is 6.42 Å². The van der Waals surface area contributed by atoms with Crippen molar-refractivity contribution in [3.05, 3.63) is 71.8 Å². The summed E-state index contributed by atoms with van der Waals surface area (Å²) in [4.78, 5) is 50.6. The molecule has 224 valence electrons. The molecule has 0 saturated heterocycles. The van der Waals surface area contributed by atoms with Crippen molar-refractivity contribution in [2.24, 2.45) is 11.8 Å². The monoisotopic (exact) mass is 568 g/mol. The molecule has 0 aromatic heterocycles. The fraction of sp³-hybridized carbons (Fsp3) is 0.484. The molecular weight excluding hydrogens is 524 g/mol. The molecule has 4 atom stereocenters. The van der Waals surface area contributed by atoms with E-state index in [-0.39, 0.29) is 48.9 Å². The molecule has 10 nitrogen and oxygen atoms in total. The Morgan fingerprint density at radius 1 is 0.561 bits per heavy atom. The highest BCUT2D eigenvalue weighted by atomic mass is 16.6. The van der Waals surface area contributed by atoms with E-state index in [2.05, 4.69) is 21.3 Å². The second-order valence-corrected chi connectivity index (χ2v) is 10.9. The topological polar surface area (TPSA) is 135 Å². The molecule has 10 heteroatoms. The highest BCUT2D eigenvalue weighted by Gasteiger charge is 2.28. The summed E-state index contributed by atoms with van der Waals surface area (Å²) in [5.41, 5.74) is 1.69. The fourth-order valence-electron chi connectivity index (χ4n) is 4.17. The van der Waals surface area contributed by atoms with Gasteiger partial charge < -0.3 is 30.7 Å². The van der Waals surface area contributed by atoms with Gasteiger partial charge in [-0.1, -0.05) is 88.4 Å². The van der Waals surface area contributed by atoms with E-state index < -0.39 is 24.3 Å². The van der Waals surface area contributed by atoms with Gasteiger partial charge in [-0.3, -0.25) is 9.59 Å². The number of alkyl carbamates (subject to hydrolysis) is 2. The van der Waals surface area contributed by atoms with Crippen molar-refractivity contribution in [3.8, 4) is 0 Å². The Morgan fingerprint density at radius 3 is 1.22 bits per heavy atom. The fourth-order valence-corrected chi connectivity index (χ4v) is 4.17. The number of hydrogen-bond acceptors (Lipinski definition) is 6. The summed E-state index contributed by atoms with van der Waals surface area (Å²) in [5, 5.41) is 11.1. The van der Waals surface area contributed by atoms with Crippen LogP contribution in [0.5, 0.6) is 0 Å². The molecule has 0 aliphatic heterocycles.